The summed E-state index contributed by atoms with van der Waals surface area (Å²) in [5.74, 6) is 0.317. The van der Waals surface area contributed by atoms with Crippen molar-refractivity contribution in [3.63, 3.8) is 0 Å². The highest BCUT2D eigenvalue weighted by Crippen LogP contribution is 2.20. The zero-order chi connectivity index (χ0) is 14.7. The van der Waals surface area contributed by atoms with Gasteiger partial charge in [0.15, 0.2) is 0 Å². The van der Waals surface area contributed by atoms with Crippen molar-refractivity contribution in [2.45, 2.75) is 6.54 Å². The van der Waals surface area contributed by atoms with Gasteiger partial charge in [0.2, 0.25) is 11.8 Å². The minimum absolute atomic E-state index is 0.0727. The average Bonchev–Trinajstić information content (AvgIpc) is 2.44. The summed E-state index contributed by atoms with van der Waals surface area (Å²) in [4.78, 5) is 26.4. The Morgan fingerprint density at radius 3 is 2.70 bits per heavy atom. The predicted octanol–water partition coefficient (Wildman–Crippen LogP) is 0.367. The minimum atomic E-state index is -0.0959. The summed E-state index contributed by atoms with van der Waals surface area (Å²) >= 11 is 0. The summed E-state index contributed by atoms with van der Waals surface area (Å²) in [6, 6.07) is 7.20. The third kappa shape index (κ3) is 2.72. The molecule has 2 amide bonds. The van der Waals surface area contributed by atoms with Gasteiger partial charge >= 0.3 is 0 Å². The summed E-state index contributed by atoms with van der Waals surface area (Å²) < 4.78 is 5.07. The highest BCUT2D eigenvalue weighted by atomic mass is 16.5. The monoisotopic (exact) mass is 273 g/mol. The molecule has 0 spiro atoms. The van der Waals surface area contributed by atoms with Crippen molar-refractivity contribution < 1.29 is 14.3 Å². The summed E-state index contributed by atoms with van der Waals surface area (Å²) in [7, 11) is 3.11. The standard InChI is InChI=1S/C14H15N3O3/c1-16-8-14(19)17(9-13(16)18)7-10-3-4-12(20-2)11(5-10)6-15/h3-5H,7-9H2,1-2H3. The minimum Gasteiger partial charge on any atom is -0.495 e. The normalized spacial score (nSPS) is 15.2. The Balaban J connectivity index is 2.16. The van der Waals surface area contributed by atoms with Crippen LogP contribution in [0.25, 0.3) is 0 Å². The van der Waals surface area contributed by atoms with Gasteiger partial charge in [-0.05, 0) is 17.7 Å². The van der Waals surface area contributed by atoms with Gasteiger partial charge < -0.3 is 14.5 Å². The molecule has 1 aliphatic rings. The number of likely N-dealkylation sites (N-methyl/N-ethyl adjacent to an activating group) is 1. The van der Waals surface area contributed by atoms with Gasteiger partial charge in [0, 0.05) is 13.6 Å². The highest BCUT2D eigenvalue weighted by molar-refractivity contribution is 5.92. The molecule has 2 rings (SSSR count). The van der Waals surface area contributed by atoms with Crippen molar-refractivity contribution in [1.29, 1.82) is 5.26 Å². The van der Waals surface area contributed by atoms with Gasteiger partial charge in [-0.15, -0.1) is 0 Å². The summed E-state index contributed by atoms with van der Waals surface area (Å²) in [5, 5.41) is 9.04. The second kappa shape index (κ2) is 5.61. The van der Waals surface area contributed by atoms with Crippen LogP contribution in [-0.4, -0.2) is 48.9 Å². The molecule has 1 aliphatic heterocycles. The number of hydrogen-bond acceptors (Lipinski definition) is 4. The van der Waals surface area contributed by atoms with Crippen LogP contribution in [0, 0.1) is 11.3 Å². The van der Waals surface area contributed by atoms with Crippen LogP contribution in [0.5, 0.6) is 5.75 Å². The molecule has 6 nitrogen and oxygen atoms in total. The van der Waals surface area contributed by atoms with Gasteiger partial charge in [-0.1, -0.05) is 6.07 Å². The average molecular weight is 273 g/mol. The maximum atomic E-state index is 11.9. The van der Waals surface area contributed by atoms with Crippen molar-refractivity contribution in [1.82, 2.24) is 9.80 Å². The molecule has 0 atom stereocenters. The van der Waals surface area contributed by atoms with E-state index in [-0.39, 0.29) is 24.9 Å². The molecule has 1 heterocycles. The van der Waals surface area contributed by atoms with Gasteiger partial charge in [-0.2, -0.15) is 5.26 Å². The molecule has 1 aromatic rings. The number of methoxy groups -OCH3 is 1. The third-order valence-electron chi connectivity index (χ3n) is 3.23. The molecule has 0 N–H and O–H groups in total. The fourth-order valence-corrected chi connectivity index (χ4v) is 2.07. The number of carbonyl (C=O) groups excluding carboxylic acids is 2. The fourth-order valence-electron chi connectivity index (χ4n) is 2.07. The summed E-state index contributed by atoms with van der Waals surface area (Å²) in [6.07, 6.45) is 0. The van der Waals surface area contributed by atoms with E-state index in [1.165, 1.54) is 16.9 Å². The van der Waals surface area contributed by atoms with E-state index in [2.05, 4.69) is 0 Å². The first-order chi connectivity index (χ1) is 9.55. The van der Waals surface area contributed by atoms with E-state index in [1.807, 2.05) is 6.07 Å². The van der Waals surface area contributed by atoms with Gasteiger partial charge in [0.25, 0.3) is 0 Å². The second-order valence-corrected chi connectivity index (χ2v) is 4.65. The van der Waals surface area contributed by atoms with E-state index in [9.17, 15) is 9.59 Å². The number of amides is 2. The lowest BCUT2D eigenvalue weighted by atomic mass is 10.1. The first-order valence-corrected chi connectivity index (χ1v) is 6.14. The van der Waals surface area contributed by atoms with Crippen molar-refractivity contribution in [3.8, 4) is 11.8 Å². The molecular formula is C14H15N3O3. The first-order valence-electron chi connectivity index (χ1n) is 6.14. The number of nitrogens with zero attached hydrogens (tertiary/aromatic N) is 3. The lowest BCUT2D eigenvalue weighted by Gasteiger charge is -2.31. The molecule has 0 radical (unpaired) electrons. The quantitative estimate of drug-likeness (QED) is 0.797. The van der Waals surface area contributed by atoms with E-state index < -0.39 is 0 Å². The molecular weight excluding hydrogens is 258 g/mol. The number of ether oxygens (including phenoxy) is 1. The largest absolute Gasteiger partial charge is 0.495 e. The molecule has 20 heavy (non-hydrogen) atoms. The molecule has 1 saturated heterocycles. The van der Waals surface area contributed by atoms with E-state index in [0.29, 0.717) is 17.9 Å². The highest BCUT2D eigenvalue weighted by Gasteiger charge is 2.27. The third-order valence-corrected chi connectivity index (χ3v) is 3.23. The van der Waals surface area contributed by atoms with Crippen molar-refractivity contribution in [3.05, 3.63) is 29.3 Å². The molecule has 0 aromatic heterocycles. The summed E-state index contributed by atoms with van der Waals surface area (Å²) in [6.45, 7) is 0.487. The molecule has 104 valence electrons. The summed E-state index contributed by atoms with van der Waals surface area (Å²) in [5.41, 5.74) is 1.21. The fraction of sp³-hybridized carbons (Fsp3) is 0.357. The Morgan fingerprint density at radius 1 is 1.30 bits per heavy atom. The number of piperazine rings is 1. The van der Waals surface area contributed by atoms with Crippen LogP contribution in [-0.2, 0) is 16.1 Å². The Bertz CT molecular complexity index is 592. The van der Waals surface area contributed by atoms with Crippen LogP contribution >= 0.6 is 0 Å². The van der Waals surface area contributed by atoms with E-state index in [4.69, 9.17) is 10.00 Å². The number of carbonyl (C=O) groups is 2. The van der Waals surface area contributed by atoms with E-state index in [0.717, 1.165) is 5.56 Å². The maximum absolute atomic E-state index is 11.9. The second-order valence-electron chi connectivity index (χ2n) is 4.65. The topological polar surface area (TPSA) is 73.6 Å². The smallest absolute Gasteiger partial charge is 0.242 e. The SMILES string of the molecule is COc1ccc(CN2CC(=O)N(C)CC2=O)cc1C#N. The number of hydrogen-bond donors (Lipinski definition) is 0. The number of nitriles is 1. The van der Waals surface area contributed by atoms with Crippen LogP contribution in [0.3, 0.4) is 0 Å². The van der Waals surface area contributed by atoms with Crippen LogP contribution in [0.1, 0.15) is 11.1 Å². The lowest BCUT2D eigenvalue weighted by Crippen LogP contribution is -2.51. The van der Waals surface area contributed by atoms with Crippen LogP contribution < -0.4 is 4.74 Å². The molecule has 1 aromatic carbocycles. The van der Waals surface area contributed by atoms with Gasteiger partial charge in [0.1, 0.15) is 18.4 Å². The Morgan fingerprint density at radius 2 is 2.05 bits per heavy atom. The Hall–Kier alpha value is -2.55. The molecule has 0 bridgehead atoms. The van der Waals surface area contributed by atoms with Crippen LogP contribution in [0.15, 0.2) is 18.2 Å². The first kappa shape index (κ1) is 13.9. The van der Waals surface area contributed by atoms with Crippen molar-refractivity contribution in [2.24, 2.45) is 0 Å². The van der Waals surface area contributed by atoms with Gasteiger partial charge in [-0.3, -0.25) is 9.59 Å². The van der Waals surface area contributed by atoms with Crippen LogP contribution in [0.2, 0.25) is 0 Å². The lowest BCUT2D eigenvalue weighted by molar-refractivity contribution is -0.149. The van der Waals surface area contributed by atoms with E-state index >= 15 is 0 Å². The molecule has 0 aliphatic carbocycles. The van der Waals surface area contributed by atoms with Crippen molar-refractivity contribution in [2.75, 3.05) is 27.2 Å². The van der Waals surface area contributed by atoms with Crippen LogP contribution in [0.4, 0.5) is 0 Å². The molecule has 1 fully saturated rings. The van der Waals surface area contributed by atoms with Crippen molar-refractivity contribution >= 4 is 11.8 Å². The molecule has 6 heteroatoms. The van der Waals surface area contributed by atoms with Gasteiger partial charge in [-0.25, -0.2) is 0 Å². The predicted molar refractivity (Wildman–Crippen MR) is 70.8 cm³/mol. The van der Waals surface area contributed by atoms with Gasteiger partial charge in [0.05, 0.1) is 19.2 Å². The number of benzene rings is 1. The Labute approximate surface area is 117 Å². The zero-order valence-corrected chi connectivity index (χ0v) is 11.4. The molecule has 0 saturated carbocycles. The zero-order valence-electron chi connectivity index (χ0n) is 11.4. The Kier molecular flexibility index (Phi) is 3.89. The number of rotatable bonds is 3. The maximum Gasteiger partial charge on any atom is 0.242 e. The van der Waals surface area contributed by atoms with E-state index in [1.54, 1.807) is 25.2 Å². The molecule has 0 unspecified atom stereocenters.